The minimum absolute atomic E-state index is 0.252. The molecule has 2 aromatic rings. The molecule has 0 radical (unpaired) electrons. The van der Waals surface area contributed by atoms with Crippen molar-refractivity contribution in [1.82, 2.24) is 0 Å². The van der Waals surface area contributed by atoms with Crippen LogP contribution in [0.25, 0.3) is 0 Å². The zero-order valence-electron chi connectivity index (χ0n) is 14.5. The van der Waals surface area contributed by atoms with E-state index < -0.39 is 43.7 Å². The molecule has 0 unspecified atom stereocenters. The first-order chi connectivity index (χ1) is 13.2. The lowest BCUT2D eigenvalue weighted by Crippen LogP contribution is -2.14. The first kappa shape index (κ1) is 20.8. The molecule has 0 spiro atoms. The molecule has 0 aliphatic carbocycles. The molecular weight excluding hydrogens is 394 g/mol. The van der Waals surface area contributed by atoms with Gasteiger partial charge in [0.25, 0.3) is 17.3 Å². The summed E-state index contributed by atoms with van der Waals surface area (Å²) in [4.78, 5) is 44.4. The third-order valence-electron chi connectivity index (χ3n) is 3.51. The first-order valence-electron chi connectivity index (χ1n) is 7.95. The summed E-state index contributed by atoms with van der Waals surface area (Å²) < 4.78 is 4.98. The van der Waals surface area contributed by atoms with Gasteiger partial charge in [0.2, 0.25) is 0 Å². The van der Waals surface area contributed by atoms with Crippen molar-refractivity contribution in [2.24, 2.45) is 0 Å². The van der Waals surface area contributed by atoms with Crippen molar-refractivity contribution in [3.63, 3.8) is 0 Å². The van der Waals surface area contributed by atoms with E-state index in [2.05, 4.69) is 5.32 Å². The van der Waals surface area contributed by atoms with E-state index in [0.29, 0.717) is 12.5 Å². The minimum atomic E-state index is -0.914. The Hall–Kier alpha value is -3.53. The molecule has 1 N–H and O–H groups in total. The number of halogens is 1. The van der Waals surface area contributed by atoms with Crippen LogP contribution in [0.4, 0.5) is 17.1 Å². The van der Waals surface area contributed by atoms with Crippen LogP contribution in [0.5, 0.6) is 0 Å². The molecule has 2 rings (SSSR count). The summed E-state index contributed by atoms with van der Waals surface area (Å²) in [7, 11) is 0. The maximum atomic E-state index is 12.4. The van der Waals surface area contributed by atoms with E-state index in [0.717, 1.165) is 6.07 Å². The van der Waals surface area contributed by atoms with Gasteiger partial charge in [0.15, 0.2) is 0 Å². The Labute approximate surface area is 163 Å². The Morgan fingerprint density at radius 2 is 1.75 bits per heavy atom. The molecule has 0 saturated heterocycles. The summed E-state index contributed by atoms with van der Waals surface area (Å²) >= 11 is 5.87. The number of non-ortho nitro benzene ring substituents is 1. The average molecular weight is 408 g/mol. The van der Waals surface area contributed by atoms with E-state index in [4.69, 9.17) is 16.3 Å². The van der Waals surface area contributed by atoms with E-state index in [1.54, 1.807) is 0 Å². The van der Waals surface area contributed by atoms with Gasteiger partial charge in [-0.1, -0.05) is 18.5 Å². The molecule has 10 nitrogen and oxygen atoms in total. The van der Waals surface area contributed by atoms with Crippen LogP contribution < -0.4 is 5.32 Å². The second-order valence-electron chi connectivity index (χ2n) is 5.51. The predicted molar refractivity (Wildman–Crippen MR) is 99.7 cm³/mol. The Morgan fingerprint density at radius 1 is 1.11 bits per heavy atom. The van der Waals surface area contributed by atoms with Gasteiger partial charge in [-0.25, -0.2) is 4.79 Å². The summed E-state index contributed by atoms with van der Waals surface area (Å²) in [6.07, 6.45) is 0.677. The Balaban J connectivity index is 2.26. The molecule has 0 heterocycles. The van der Waals surface area contributed by atoms with Gasteiger partial charge in [-0.2, -0.15) is 0 Å². The van der Waals surface area contributed by atoms with Crippen LogP contribution in [0.3, 0.4) is 0 Å². The first-order valence-corrected chi connectivity index (χ1v) is 8.33. The van der Waals surface area contributed by atoms with Crippen molar-refractivity contribution in [1.29, 1.82) is 0 Å². The second kappa shape index (κ2) is 8.91. The maximum absolute atomic E-state index is 12.4. The number of carbonyl (C=O) groups excluding carboxylic acids is 2. The number of hydrogen-bond acceptors (Lipinski definition) is 7. The number of nitro benzene ring substituents is 2. The smallest absolute Gasteiger partial charge is 0.338 e. The van der Waals surface area contributed by atoms with Gasteiger partial charge in [-0.05, 0) is 30.7 Å². The van der Waals surface area contributed by atoms with Crippen molar-refractivity contribution in [3.8, 4) is 0 Å². The molecular formula is C17H14ClN3O7. The summed E-state index contributed by atoms with van der Waals surface area (Å²) in [5, 5.41) is 23.9. The number of ether oxygens (including phenoxy) is 1. The van der Waals surface area contributed by atoms with Crippen LogP contribution in [0.2, 0.25) is 5.02 Å². The van der Waals surface area contributed by atoms with Crippen molar-refractivity contribution in [3.05, 3.63) is 72.8 Å². The molecule has 0 bridgehead atoms. The van der Waals surface area contributed by atoms with Crippen LogP contribution in [0, 0.1) is 20.2 Å². The summed E-state index contributed by atoms with van der Waals surface area (Å²) in [6.45, 7) is 2.14. The highest BCUT2D eigenvalue weighted by Crippen LogP contribution is 2.33. The SMILES string of the molecule is CCCOC(=O)c1ccc(NC(=O)c2cc([N+](=O)[O-])cc([N+](=O)[O-])c2Cl)cc1. The lowest BCUT2D eigenvalue weighted by Gasteiger charge is -2.08. The van der Waals surface area contributed by atoms with E-state index in [-0.39, 0.29) is 17.9 Å². The highest BCUT2D eigenvalue weighted by Gasteiger charge is 2.26. The fourth-order valence-corrected chi connectivity index (χ4v) is 2.43. The molecule has 0 atom stereocenters. The van der Waals surface area contributed by atoms with Crippen LogP contribution in [0.1, 0.15) is 34.1 Å². The normalized spacial score (nSPS) is 10.2. The molecule has 0 aliphatic rings. The van der Waals surface area contributed by atoms with Gasteiger partial charge in [0.1, 0.15) is 5.02 Å². The minimum Gasteiger partial charge on any atom is -0.462 e. The lowest BCUT2D eigenvalue weighted by atomic mass is 10.1. The van der Waals surface area contributed by atoms with Gasteiger partial charge < -0.3 is 10.1 Å². The van der Waals surface area contributed by atoms with E-state index >= 15 is 0 Å². The number of amides is 1. The Bertz CT molecular complexity index is 945. The van der Waals surface area contributed by atoms with E-state index in [1.165, 1.54) is 24.3 Å². The monoisotopic (exact) mass is 407 g/mol. The van der Waals surface area contributed by atoms with Crippen molar-refractivity contribution >= 4 is 40.5 Å². The zero-order valence-corrected chi connectivity index (χ0v) is 15.3. The fraction of sp³-hybridized carbons (Fsp3) is 0.176. The Morgan fingerprint density at radius 3 is 2.29 bits per heavy atom. The van der Waals surface area contributed by atoms with Crippen molar-refractivity contribution < 1.29 is 24.2 Å². The Kier molecular flexibility index (Phi) is 6.61. The number of hydrogen-bond donors (Lipinski definition) is 1. The van der Waals surface area contributed by atoms with Gasteiger partial charge in [-0.15, -0.1) is 0 Å². The van der Waals surface area contributed by atoms with Crippen LogP contribution in [-0.4, -0.2) is 28.3 Å². The maximum Gasteiger partial charge on any atom is 0.338 e. The fourth-order valence-electron chi connectivity index (χ4n) is 2.16. The standard InChI is InChI=1S/C17H14ClN3O7/c1-2-7-28-17(23)10-3-5-11(6-4-10)19-16(22)13-8-12(20(24)25)9-14(15(13)18)21(26)27/h3-6,8-9H,2,7H2,1H3,(H,19,22). The summed E-state index contributed by atoms with van der Waals surface area (Å²) in [5.74, 6) is -1.39. The van der Waals surface area contributed by atoms with Crippen molar-refractivity contribution in [2.75, 3.05) is 11.9 Å². The molecule has 28 heavy (non-hydrogen) atoms. The lowest BCUT2D eigenvalue weighted by molar-refractivity contribution is -0.394. The average Bonchev–Trinajstić information content (AvgIpc) is 2.66. The zero-order chi connectivity index (χ0) is 20.8. The highest BCUT2D eigenvalue weighted by molar-refractivity contribution is 6.36. The van der Waals surface area contributed by atoms with Gasteiger partial charge in [-0.3, -0.25) is 25.0 Å². The molecule has 2 aromatic carbocycles. The number of benzene rings is 2. The van der Waals surface area contributed by atoms with E-state index in [9.17, 15) is 29.8 Å². The quantitative estimate of drug-likeness (QED) is 0.415. The molecule has 0 aromatic heterocycles. The molecule has 1 amide bonds. The van der Waals surface area contributed by atoms with Crippen LogP contribution in [-0.2, 0) is 4.74 Å². The third-order valence-corrected chi connectivity index (χ3v) is 3.90. The molecule has 0 fully saturated rings. The van der Waals surface area contributed by atoms with E-state index in [1.807, 2.05) is 6.92 Å². The number of nitrogens with one attached hydrogen (secondary N) is 1. The topological polar surface area (TPSA) is 142 Å². The van der Waals surface area contributed by atoms with Crippen LogP contribution in [0.15, 0.2) is 36.4 Å². The van der Waals surface area contributed by atoms with Crippen molar-refractivity contribution in [2.45, 2.75) is 13.3 Å². The molecule has 0 aliphatic heterocycles. The summed E-state index contributed by atoms with van der Waals surface area (Å²) in [5.41, 5.74) is -1.29. The van der Waals surface area contributed by atoms with Gasteiger partial charge in [0, 0.05) is 11.8 Å². The number of nitrogens with zero attached hydrogens (tertiary/aromatic N) is 2. The predicted octanol–water partition coefficient (Wildman–Crippen LogP) is 3.98. The number of nitro groups is 2. The van der Waals surface area contributed by atoms with Gasteiger partial charge >= 0.3 is 5.97 Å². The van der Waals surface area contributed by atoms with Gasteiger partial charge in [0.05, 0.1) is 33.6 Å². The number of rotatable bonds is 7. The number of carbonyl (C=O) groups is 2. The molecule has 0 saturated carbocycles. The van der Waals surface area contributed by atoms with Crippen LogP contribution >= 0.6 is 11.6 Å². The molecule has 146 valence electrons. The highest BCUT2D eigenvalue weighted by atomic mass is 35.5. The number of esters is 1. The largest absolute Gasteiger partial charge is 0.462 e. The third kappa shape index (κ3) is 4.80. The molecule has 11 heteroatoms. The number of anilines is 1. The second-order valence-corrected chi connectivity index (χ2v) is 5.89. The summed E-state index contributed by atoms with van der Waals surface area (Å²) in [6, 6.07) is 7.20.